The van der Waals surface area contributed by atoms with Gasteiger partial charge in [-0.2, -0.15) is 37.9 Å². The quantitative estimate of drug-likeness (QED) is 0.495. The zero-order valence-electron chi connectivity index (χ0n) is 7.22. The van der Waals surface area contributed by atoms with E-state index in [4.69, 9.17) is 5.11 Å². The summed E-state index contributed by atoms with van der Waals surface area (Å²) in [5.74, 6) is 0.768. The maximum absolute atomic E-state index is 8.74. The molecule has 0 amide bonds. The molecule has 2 atom stereocenters. The Hall–Kier alpha value is 0.970. The van der Waals surface area contributed by atoms with E-state index in [0.717, 1.165) is 18.8 Å². The lowest BCUT2D eigenvalue weighted by Gasteiger charge is -2.21. The van der Waals surface area contributed by atoms with Gasteiger partial charge in [0.15, 0.2) is 0 Å². The Kier molecular flexibility index (Phi) is 7.98. The molecule has 2 unspecified atom stereocenters. The molecule has 12 heavy (non-hydrogen) atoms. The Bertz CT molecular complexity index is 103. The van der Waals surface area contributed by atoms with Gasteiger partial charge in [0, 0.05) is 29.3 Å². The predicted octanol–water partition coefficient (Wildman–Crippen LogP) is 0.437. The molecule has 1 N–H and O–H groups in total. The zero-order chi connectivity index (χ0) is 9.56. The lowest BCUT2D eigenvalue weighted by Crippen LogP contribution is -2.33. The van der Waals surface area contributed by atoms with Crippen molar-refractivity contribution in [2.75, 3.05) is 32.5 Å². The minimum atomic E-state index is 0.0375. The fourth-order valence-electron chi connectivity index (χ4n) is 0.910. The van der Waals surface area contributed by atoms with Crippen LogP contribution in [0.15, 0.2) is 0 Å². The number of aliphatic hydroxyl groups excluding tert-OH is 1. The van der Waals surface area contributed by atoms with Gasteiger partial charge >= 0.3 is 0 Å². The zero-order valence-corrected chi connectivity index (χ0v) is 9.90. The van der Waals surface area contributed by atoms with E-state index >= 15 is 0 Å². The fraction of sp³-hybridized carbons (Fsp3) is 1.00. The molecule has 0 spiro atoms. The van der Waals surface area contributed by atoms with E-state index in [1.807, 2.05) is 7.05 Å². The summed E-state index contributed by atoms with van der Waals surface area (Å²) in [6.07, 6.45) is 0. The Morgan fingerprint density at radius 3 is 2.17 bits per heavy atom. The highest BCUT2D eigenvalue weighted by Crippen LogP contribution is 2.02. The lowest BCUT2D eigenvalue weighted by molar-refractivity contribution is 0.256. The summed E-state index contributed by atoms with van der Waals surface area (Å²) in [7, 11) is 1.99. The van der Waals surface area contributed by atoms with Gasteiger partial charge in [0.1, 0.15) is 0 Å². The van der Waals surface area contributed by atoms with Crippen LogP contribution >= 0.6 is 37.9 Å². The van der Waals surface area contributed by atoms with Gasteiger partial charge in [0.25, 0.3) is 0 Å². The van der Waals surface area contributed by atoms with Crippen molar-refractivity contribution < 1.29 is 5.11 Å². The largest absolute Gasteiger partial charge is 0.395 e. The molecule has 5 heteroatoms. The van der Waals surface area contributed by atoms with Crippen molar-refractivity contribution in [1.29, 1.82) is 0 Å². The molecule has 0 saturated carbocycles. The first-order chi connectivity index (χ1) is 5.60. The molecule has 0 aliphatic rings. The van der Waals surface area contributed by atoms with E-state index in [0.29, 0.717) is 0 Å². The first-order valence-corrected chi connectivity index (χ1v) is 5.53. The first kappa shape index (κ1) is 13.0. The van der Waals surface area contributed by atoms with E-state index in [-0.39, 0.29) is 17.1 Å². The highest BCUT2D eigenvalue weighted by atomic mass is 32.1. The van der Waals surface area contributed by atoms with Crippen LogP contribution in [0.4, 0.5) is 0 Å². The van der Waals surface area contributed by atoms with Crippen molar-refractivity contribution in [2.45, 2.75) is 10.5 Å². The third kappa shape index (κ3) is 6.48. The predicted molar refractivity (Wildman–Crippen MR) is 64.0 cm³/mol. The first-order valence-electron chi connectivity index (χ1n) is 3.86. The summed E-state index contributed by atoms with van der Waals surface area (Å²) in [5, 5.41) is 9.06. The second-order valence-electron chi connectivity index (χ2n) is 2.89. The van der Waals surface area contributed by atoms with E-state index < -0.39 is 0 Å². The van der Waals surface area contributed by atoms with Crippen LogP contribution in [-0.4, -0.2) is 53.0 Å². The van der Waals surface area contributed by atoms with Crippen LogP contribution < -0.4 is 0 Å². The van der Waals surface area contributed by atoms with Crippen LogP contribution in [0.3, 0.4) is 0 Å². The van der Waals surface area contributed by atoms with Gasteiger partial charge in [0.05, 0.1) is 6.61 Å². The number of aliphatic hydroxyl groups is 1. The molecular formula is C7H17NOS3. The van der Waals surface area contributed by atoms with E-state index in [1.165, 1.54) is 0 Å². The second kappa shape index (κ2) is 7.38. The SMILES string of the molecule is CN(CC(S)CO)CC(S)CS. The summed E-state index contributed by atoms with van der Waals surface area (Å²) in [6.45, 7) is 1.78. The third-order valence-electron chi connectivity index (χ3n) is 1.47. The van der Waals surface area contributed by atoms with E-state index in [1.54, 1.807) is 0 Å². The van der Waals surface area contributed by atoms with Crippen LogP contribution in [0.2, 0.25) is 0 Å². The topological polar surface area (TPSA) is 23.5 Å². The summed E-state index contributed by atoms with van der Waals surface area (Å²) >= 11 is 12.6. The normalized spacial score (nSPS) is 16.5. The fourth-order valence-corrected chi connectivity index (χ4v) is 1.58. The highest BCUT2D eigenvalue weighted by molar-refractivity contribution is 7.84. The minimum Gasteiger partial charge on any atom is -0.395 e. The van der Waals surface area contributed by atoms with Crippen LogP contribution in [-0.2, 0) is 0 Å². The molecule has 0 rings (SSSR count). The van der Waals surface area contributed by atoms with Crippen molar-refractivity contribution in [1.82, 2.24) is 4.90 Å². The van der Waals surface area contributed by atoms with Gasteiger partial charge < -0.3 is 10.0 Å². The Labute approximate surface area is 90.9 Å². The van der Waals surface area contributed by atoms with Crippen molar-refractivity contribution in [3.8, 4) is 0 Å². The highest BCUT2D eigenvalue weighted by Gasteiger charge is 2.08. The summed E-state index contributed by atoms with van der Waals surface area (Å²) < 4.78 is 0. The Morgan fingerprint density at radius 1 is 1.25 bits per heavy atom. The Morgan fingerprint density at radius 2 is 1.75 bits per heavy atom. The summed E-state index contributed by atoms with van der Waals surface area (Å²) in [4.78, 5) is 2.10. The molecular weight excluding hydrogens is 210 g/mol. The number of nitrogens with zero attached hydrogens (tertiary/aromatic N) is 1. The van der Waals surface area contributed by atoms with Gasteiger partial charge in [-0.05, 0) is 7.05 Å². The van der Waals surface area contributed by atoms with Gasteiger partial charge in [-0.1, -0.05) is 0 Å². The summed E-state index contributed by atoms with van der Waals surface area (Å²) in [5.41, 5.74) is 0. The maximum Gasteiger partial charge on any atom is 0.0559 e. The van der Waals surface area contributed by atoms with Gasteiger partial charge in [0.2, 0.25) is 0 Å². The molecule has 0 bridgehead atoms. The molecule has 0 radical (unpaired) electrons. The van der Waals surface area contributed by atoms with Gasteiger partial charge in [-0.15, -0.1) is 0 Å². The van der Waals surface area contributed by atoms with E-state index in [9.17, 15) is 0 Å². The van der Waals surface area contributed by atoms with Gasteiger partial charge in [-0.3, -0.25) is 0 Å². The van der Waals surface area contributed by atoms with Crippen molar-refractivity contribution in [2.24, 2.45) is 0 Å². The van der Waals surface area contributed by atoms with Gasteiger partial charge in [-0.25, -0.2) is 0 Å². The number of thiol groups is 3. The average molecular weight is 227 g/mol. The molecule has 0 fully saturated rings. The van der Waals surface area contributed by atoms with Crippen molar-refractivity contribution in [3.05, 3.63) is 0 Å². The maximum atomic E-state index is 8.74. The number of hydrogen-bond donors (Lipinski definition) is 4. The van der Waals surface area contributed by atoms with E-state index in [2.05, 4.69) is 42.8 Å². The smallest absolute Gasteiger partial charge is 0.0559 e. The minimum absolute atomic E-state index is 0.0375. The lowest BCUT2D eigenvalue weighted by atomic mass is 10.3. The molecule has 74 valence electrons. The second-order valence-corrected chi connectivity index (χ2v) is 4.72. The molecule has 0 aromatic rings. The molecule has 2 nitrogen and oxygen atoms in total. The molecule has 0 aromatic heterocycles. The standard InChI is InChI=1S/C7H17NOS3/c1-8(2-6(11)4-9)3-7(12)5-10/h6-7,9-12H,2-5H2,1H3. The number of rotatable bonds is 6. The van der Waals surface area contributed by atoms with Crippen molar-refractivity contribution in [3.63, 3.8) is 0 Å². The van der Waals surface area contributed by atoms with Crippen LogP contribution in [0.1, 0.15) is 0 Å². The van der Waals surface area contributed by atoms with Crippen LogP contribution in [0.5, 0.6) is 0 Å². The summed E-state index contributed by atoms with van der Waals surface area (Å²) in [6, 6.07) is 0. The van der Waals surface area contributed by atoms with Crippen LogP contribution in [0.25, 0.3) is 0 Å². The number of hydrogen-bond acceptors (Lipinski definition) is 5. The third-order valence-corrected chi connectivity index (χ3v) is 2.87. The molecule has 0 heterocycles. The molecule has 0 aromatic carbocycles. The monoisotopic (exact) mass is 227 g/mol. The van der Waals surface area contributed by atoms with Crippen LogP contribution in [0, 0.1) is 0 Å². The molecule has 0 aliphatic carbocycles. The van der Waals surface area contributed by atoms with Crippen molar-refractivity contribution >= 4 is 37.9 Å². The molecule has 0 aliphatic heterocycles. The Balaban J connectivity index is 3.51. The molecule has 0 saturated heterocycles. The average Bonchev–Trinajstić information content (AvgIpc) is 2.03.